The Hall–Kier alpha value is -3.63. The number of carbonyl (C=O) groups excluding carboxylic acids is 4. The van der Waals surface area contributed by atoms with Gasteiger partial charge in [0.2, 0.25) is 11.8 Å². The van der Waals surface area contributed by atoms with Crippen LogP contribution in [-0.4, -0.2) is 115 Å². The number of esters is 1. The second-order valence-electron chi connectivity index (χ2n) is 14.7. The molecule has 14 nitrogen and oxygen atoms in total. The second-order valence-corrected chi connectivity index (χ2v) is 15.6. The number of allylic oxidation sites excluding steroid dienone is 1. The first-order valence-corrected chi connectivity index (χ1v) is 19.7. The van der Waals surface area contributed by atoms with Crippen molar-refractivity contribution in [3.63, 3.8) is 0 Å². The van der Waals surface area contributed by atoms with Gasteiger partial charge in [0.1, 0.15) is 42.1 Å². The number of alkyl carbamates (subject to hydrolysis) is 1. The average molecular weight is 758 g/mol. The number of thioether (sulfide) groups is 1. The summed E-state index contributed by atoms with van der Waals surface area (Å²) >= 11 is 1.57. The number of fused-ring (bicyclic) bond motifs is 1. The van der Waals surface area contributed by atoms with Crippen molar-refractivity contribution in [3.8, 4) is 0 Å². The van der Waals surface area contributed by atoms with E-state index in [1.807, 2.05) is 30.5 Å². The van der Waals surface area contributed by atoms with E-state index in [1.54, 1.807) is 25.1 Å². The van der Waals surface area contributed by atoms with Crippen LogP contribution in [0.5, 0.6) is 0 Å². The number of hydrogen-bond acceptors (Lipinski definition) is 11. The number of rotatable bonds is 18. The van der Waals surface area contributed by atoms with Gasteiger partial charge in [-0.1, -0.05) is 29.8 Å². The maximum Gasteiger partial charge on any atom is 0.407 e. The molecule has 1 aromatic carbocycles. The van der Waals surface area contributed by atoms with Crippen molar-refractivity contribution >= 4 is 46.5 Å². The van der Waals surface area contributed by atoms with Gasteiger partial charge in [0.25, 0.3) is 0 Å². The van der Waals surface area contributed by atoms with Gasteiger partial charge in [-0.3, -0.25) is 9.59 Å². The molecule has 292 valence electrons. The molecule has 1 saturated carbocycles. The second kappa shape index (κ2) is 17.7. The van der Waals surface area contributed by atoms with Gasteiger partial charge in [-0.15, -0.1) is 0 Å². The lowest BCUT2D eigenvalue weighted by molar-refractivity contribution is -0.147. The molecule has 0 bridgehead atoms. The van der Waals surface area contributed by atoms with Crippen molar-refractivity contribution in [3.05, 3.63) is 47.7 Å². The molecule has 3 fully saturated rings. The van der Waals surface area contributed by atoms with Gasteiger partial charge in [-0.05, 0) is 77.0 Å². The molecule has 2 saturated heterocycles. The van der Waals surface area contributed by atoms with Crippen LogP contribution in [-0.2, 0) is 44.5 Å². The fourth-order valence-electron chi connectivity index (χ4n) is 7.44. The Balaban J connectivity index is 1.10. The number of methoxy groups -OCH3 is 1. The minimum absolute atomic E-state index is 0.00906. The maximum absolute atomic E-state index is 13.5. The molecule has 1 aliphatic carbocycles. The average Bonchev–Trinajstić information content (AvgIpc) is 4.01. The molecule has 3 amide bonds. The van der Waals surface area contributed by atoms with Crippen molar-refractivity contribution in [1.82, 2.24) is 20.9 Å². The summed E-state index contributed by atoms with van der Waals surface area (Å²) in [5, 5.41) is 9.00. The van der Waals surface area contributed by atoms with Crippen LogP contribution in [0.4, 0.5) is 4.79 Å². The molecule has 0 radical (unpaired) electrons. The Morgan fingerprint density at radius 1 is 1.17 bits per heavy atom. The molecule has 1 aromatic heterocycles. The number of aromatic nitrogens is 1. The smallest absolute Gasteiger partial charge is 0.407 e. The number of benzene rings is 1. The summed E-state index contributed by atoms with van der Waals surface area (Å²) in [5.41, 5.74) is 8.24. The quantitative estimate of drug-likeness (QED) is 0.0648. The van der Waals surface area contributed by atoms with Crippen LogP contribution in [0.25, 0.3) is 10.9 Å². The summed E-state index contributed by atoms with van der Waals surface area (Å²) in [5.74, 6) is -1.12. The monoisotopic (exact) mass is 757 g/mol. The first kappa shape index (κ1) is 40.6. The minimum Gasteiger partial charge on any atom is -0.462 e. The Morgan fingerprint density at radius 2 is 1.92 bits per heavy atom. The van der Waals surface area contributed by atoms with E-state index in [9.17, 15) is 19.2 Å². The zero-order valence-corrected chi connectivity index (χ0v) is 32.3. The van der Waals surface area contributed by atoms with Gasteiger partial charge in [0.05, 0.1) is 31.2 Å². The standard InChI is InChI=1S/C38H55N5O9S/c1-22(2)11-12-30-37(4,52-30)32-31(48-5)29(13-15-38(32)21-50-38)51-36(47)40-16-17-49-35(46)23(3)42-34(45)28(43-33(44)26(39)14-18-53-6)19-24-20-41-27-10-8-7-9-25(24)27/h7-11,20,23,26,28-32,41H,12-19,21,39H2,1-6H3,(H,40,47)(H,42,45)(H,43,44). The third kappa shape index (κ3) is 9.92. The van der Waals surface area contributed by atoms with E-state index < -0.39 is 59.8 Å². The zero-order valence-electron chi connectivity index (χ0n) is 31.5. The number of hydrogen-bond donors (Lipinski definition) is 5. The molecule has 15 heteroatoms. The van der Waals surface area contributed by atoms with Crippen molar-refractivity contribution in [1.29, 1.82) is 0 Å². The number of epoxide rings is 2. The largest absolute Gasteiger partial charge is 0.462 e. The van der Waals surface area contributed by atoms with E-state index >= 15 is 0 Å². The van der Waals surface area contributed by atoms with Crippen LogP contribution in [0.2, 0.25) is 0 Å². The molecule has 2 aliphatic heterocycles. The zero-order chi connectivity index (χ0) is 38.3. The normalized spacial score (nSPS) is 27.6. The third-order valence-corrected chi connectivity index (χ3v) is 11.2. The molecule has 9 atom stereocenters. The van der Waals surface area contributed by atoms with Crippen molar-refractivity contribution in [2.45, 2.75) is 107 Å². The van der Waals surface area contributed by atoms with Crippen LogP contribution >= 0.6 is 11.8 Å². The molecular formula is C38H55N5O9S. The summed E-state index contributed by atoms with van der Waals surface area (Å²) in [6, 6.07) is 4.83. The highest BCUT2D eigenvalue weighted by atomic mass is 32.2. The lowest BCUT2D eigenvalue weighted by Crippen LogP contribution is -2.56. The molecular weight excluding hydrogens is 703 g/mol. The number of carbonyl (C=O) groups is 4. The number of nitrogens with one attached hydrogen (secondary N) is 4. The predicted octanol–water partition coefficient (Wildman–Crippen LogP) is 3.13. The molecule has 9 unspecified atom stereocenters. The SMILES string of the molecule is COC1C(OC(=O)NCCOC(=O)C(C)NC(=O)C(Cc2c[nH]c3ccccc23)NC(=O)C(N)CCSC)CCC2(CO2)C1C1(C)OC1CC=C(C)C. The minimum atomic E-state index is -1.04. The van der Waals surface area contributed by atoms with E-state index in [0.29, 0.717) is 25.2 Å². The van der Waals surface area contributed by atoms with Gasteiger partial charge in [-0.25, -0.2) is 9.59 Å². The van der Waals surface area contributed by atoms with Gasteiger partial charge >= 0.3 is 12.1 Å². The predicted molar refractivity (Wildman–Crippen MR) is 201 cm³/mol. The Bertz CT molecular complexity index is 1640. The highest BCUT2D eigenvalue weighted by Crippen LogP contribution is 2.59. The molecule has 6 N–H and O–H groups in total. The van der Waals surface area contributed by atoms with E-state index in [0.717, 1.165) is 29.3 Å². The van der Waals surface area contributed by atoms with Crippen molar-refractivity contribution in [2.24, 2.45) is 11.7 Å². The first-order chi connectivity index (χ1) is 25.3. The number of ether oxygens (including phenoxy) is 5. The highest BCUT2D eigenvalue weighted by molar-refractivity contribution is 7.98. The lowest BCUT2D eigenvalue weighted by atomic mass is 9.68. The fraction of sp³-hybridized carbons (Fsp3) is 0.632. The fourth-order valence-corrected chi connectivity index (χ4v) is 7.93. The number of para-hydroxylation sites is 1. The summed E-state index contributed by atoms with van der Waals surface area (Å²) < 4.78 is 29.3. The summed E-state index contributed by atoms with van der Waals surface area (Å²) in [4.78, 5) is 55.3. The van der Waals surface area contributed by atoms with Gasteiger partial charge < -0.3 is 50.4 Å². The Kier molecular flexibility index (Phi) is 13.5. The first-order valence-electron chi connectivity index (χ1n) is 18.3. The van der Waals surface area contributed by atoms with E-state index in [2.05, 4.69) is 47.8 Å². The molecule has 2 aromatic rings. The molecule has 3 aliphatic rings. The lowest BCUT2D eigenvalue weighted by Gasteiger charge is -2.42. The number of aromatic amines is 1. The van der Waals surface area contributed by atoms with E-state index in [1.165, 1.54) is 12.5 Å². The van der Waals surface area contributed by atoms with Crippen LogP contribution in [0.1, 0.15) is 58.9 Å². The molecule has 53 heavy (non-hydrogen) atoms. The highest BCUT2D eigenvalue weighted by Gasteiger charge is 2.72. The Labute approximate surface area is 315 Å². The van der Waals surface area contributed by atoms with Crippen LogP contribution in [0.15, 0.2) is 42.1 Å². The van der Waals surface area contributed by atoms with Gasteiger partial charge in [-0.2, -0.15) is 11.8 Å². The Morgan fingerprint density at radius 3 is 2.62 bits per heavy atom. The number of H-pyrrole nitrogens is 1. The number of amides is 3. The molecule has 3 heterocycles. The van der Waals surface area contributed by atoms with Gasteiger partial charge in [0.15, 0.2) is 0 Å². The van der Waals surface area contributed by atoms with E-state index in [4.69, 9.17) is 29.4 Å². The summed E-state index contributed by atoms with van der Waals surface area (Å²) in [7, 11) is 1.61. The number of nitrogens with two attached hydrogens (primary N) is 1. The topological polar surface area (TPSA) is 199 Å². The summed E-state index contributed by atoms with van der Waals surface area (Å²) in [6.45, 7) is 8.16. The van der Waals surface area contributed by atoms with E-state index in [-0.39, 0.29) is 37.2 Å². The summed E-state index contributed by atoms with van der Waals surface area (Å²) in [6.07, 6.45) is 7.06. The van der Waals surface area contributed by atoms with Crippen LogP contribution in [0.3, 0.4) is 0 Å². The molecule has 5 rings (SSSR count). The molecule has 1 spiro atoms. The van der Waals surface area contributed by atoms with Crippen LogP contribution < -0.4 is 21.7 Å². The van der Waals surface area contributed by atoms with Crippen molar-refractivity contribution < 1.29 is 42.9 Å². The van der Waals surface area contributed by atoms with Gasteiger partial charge in [0, 0.05) is 30.6 Å². The van der Waals surface area contributed by atoms with Crippen molar-refractivity contribution in [2.75, 3.05) is 38.9 Å². The third-order valence-electron chi connectivity index (χ3n) is 10.5. The maximum atomic E-state index is 13.5. The van der Waals surface area contributed by atoms with Crippen LogP contribution in [0, 0.1) is 5.92 Å².